The average Bonchev–Trinajstić information content (AvgIpc) is 3.31. The number of hydrogen-bond acceptors (Lipinski definition) is 2. The monoisotopic (exact) mass is 500 g/mol. The van der Waals surface area contributed by atoms with Crippen molar-refractivity contribution in [3.8, 4) is 0 Å². The van der Waals surface area contributed by atoms with Crippen LogP contribution < -0.4 is 10.4 Å². The smallest absolute Gasteiger partial charge is 0.261 e. The number of aromatic nitrogens is 2. The maximum absolute atomic E-state index is 15.4. The quantitative estimate of drug-likeness (QED) is 0.427. The van der Waals surface area contributed by atoms with E-state index in [1.165, 1.54) is 10.4 Å². The Morgan fingerprint density at radius 1 is 1.03 bits per heavy atom. The molecular formula is C25H30BrFN2OSi. The van der Waals surface area contributed by atoms with Crippen molar-refractivity contribution in [3.05, 3.63) is 77.5 Å². The minimum Gasteiger partial charge on any atom is -0.401 e. The zero-order valence-corrected chi connectivity index (χ0v) is 20.9. The van der Waals surface area contributed by atoms with E-state index in [1.807, 2.05) is 23.0 Å². The molecule has 31 heavy (non-hydrogen) atoms. The van der Waals surface area contributed by atoms with E-state index in [9.17, 15) is 0 Å². The number of nitrogens with zero attached hydrogens (tertiary/aromatic N) is 2. The van der Waals surface area contributed by atoms with Gasteiger partial charge in [0.25, 0.3) is 8.32 Å². The molecule has 0 saturated heterocycles. The molecule has 1 unspecified atom stereocenters. The summed E-state index contributed by atoms with van der Waals surface area (Å²) in [6, 6.07) is 21.0. The standard InChI is InChI=1S/C25H30BrFN2OSi/c1-25(2,3)31(21-10-6-4-7-11-21,22-12-8-5-9-13-22)30-24-15-19(14-23(24)27)17-29-18-20(26)16-28-29/h4-13,16,18-19,23-24H,14-15,17H2,1-3H3/t19?,23-,24-/m0/s1. The predicted octanol–water partition coefficient (Wildman–Crippen LogP) is 5.34. The zero-order valence-electron chi connectivity index (χ0n) is 18.3. The molecule has 0 bridgehead atoms. The van der Waals surface area contributed by atoms with Crippen molar-refractivity contribution in [1.82, 2.24) is 9.78 Å². The molecule has 0 radical (unpaired) electrons. The van der Waals surface area contributed by atoms with Gasteiger partial charge in [-0.15, -0.1) is 0 Å². The van der Waals surface area contributed by atoms with Crippen LogP contribution in [0.25, 0.3) is 0 Å². The fraction of sp³-hybridized carbons (Fsp3) is 0.400. The third-order valence-electron chi connectivity index (χ3n) is 6.32. The van der Waals surface area contributed by atoms with Crippen LogP contribution in [-0.4, -0.2) is 30.4 Å². The van der Waals surface area contributed by atoms with Gasteiger partial charge in [-0.2, -0.15) is 5.10 Å². The fourth-order valence-electron chi connectivity index (χ4n) is 4.93. The molecule has 1 aromatic heterocycles. The lowest BCUT2D eigenvalue weighted by Crippen LogP contribution is -2.68. The van der Waals surface area contributed by atoms with Crippen LogP contribution in [-0.2, 0) is 11.0 Å². The Kier molecular flexibility index (Phi) is 6.51. The topological polar surface area (TPSA) is 27.1 Å². The van der Waals surface area contributed by atoms with Gasteiger partial charge in [0.15, 0.2) is 0 Å². The van der Waals surface area contributed by atoms with Crippen molar-refractivity contribution in [2.45, 2.75) is 57.5 Å². The highest BCUT2D eigenvalue weighted by molar-refractivity contribution is 9.10. The molecule has 1 saturated carbocycles. The molecule has 1 aliphatic carbocycles. The largest absolute Gasteiger partial charge is 0.401 e. The van der Waals surface area contributed by atoms with Crippen molar-refractivity contribution in [1.29, 1.82) is 0 Å². The second-order valence-corrected chi connectivity index (χ2v) is 14.7. The van der Waals surface area contributed by atoms with Crippen molar-refractivity contribution in [3.63, 3.8) is 0 Å². The van der Waals surface area contributed by atoms with Crippen LogP contribution >= 0.6 is 15.9 Å². The first-order valence-electron chi connectivity index (χ1n) is 10.9. The summed E-state index contributed by atoms with van der Waals surface area (Å²) >= 11 is 3.44. The second kappa shape index (κ2) is 9.00. The molecule has 3 nitrogen and oxygen atoms in total. The molecule has 164 valence electrons. The highest BCUT2D eigenvalue weighted by Gasteiger charge is 2.53. The number of hydrogen-bond donors (Lipinski definition) is 0. The van der Waals surface area contributed by atoms with E-state index in [0.29, 0.717) is 19.4 Å². The number of rotatable bonds is 6. The Morgan fingerprint density at radius 3 is 2.10 bits per heavy atom. The Hall–Kier alpha value is -1.76. The van der Waals surface area contributed by atoms with E-state index in [0.717, 1.165) is 4.47 Å². The van der Waals surface area contributed by atoms with Gasteiger partial charge in [0.2, 0.25) is 0 Å². The molecule has 6 heteroatoms. The molecular weight excluding hydrogens is 471 g/mol. The van der Waals surface area contributed by atoms with Crippen LogP contribution in [0.3, 0.4) is 0 Å². The Labute approximate surface area is 193 Å². The Bertz CT molecular complexity index is 950. The van der Waals surface area contributed by atoms with Crippen LogP contribution in [0.1, 0.15) is 33.6 Å². The van der Waals surface area contributed by atoms with Gasteiger partial charge in [-0.25, -0.2) is 4.39 Å². The maximum Gasteiger partial charge on any atom is 0.261 e. The van der Waals surface area contributed by atoms with Gasteiger partial charge in [-0.05, 0) is 50.1 Å². The number of alkyl halides is 1. The van der Waals surface area contributed by atoms with Crippen LogP contribution in [0, 0.1) is 5.92 Å². The molecule has 3 aromatic rings. The first kappa shape index (κ1) is 22.4. The lowest BCUT2D eigenvalue weighted by Gasteiger charge is -2.45. The molecule has 0 aliphatic heterocycles. The van der Waals surface area contributed by atoms with Crippen LogP contribution in [0.5, 0.6) is 0 Å². The molecule has 2 aromatic carbocycles. The maximum atomic E-state index is 15.4. The van der Waals surface area contributed by atoms with Crippen molar-refractivity contribution < 1.29 is 8.82 Å². The van der Waals surface area contributed by atoms with Gasteiger partial charge in [-0.3, -0.25) is 4.68 Å². The summed E-state index contributed by atoms with van der Waals surface area (Å²) in [5.41, 5.74) is 0. The van der Waals surface area contributed by atoms with Crippen LogP contribution in [0.4, 0.5) is 4.39 Å². The molecule has 0 spiro atoms. The summed E-state index contributed by atoms with van der Waals surface area (Å²) in [5.74, 6) is 0.213. The lowest BCUT2D eigenvalue weighted by atomic mass is 10.1. The van der Waals surface area contributed by atoms with Gasteiger partial charge in [-0.1, -0.05) is 81.4 Å². The second-order valence-electron chi connectivity index (χ2n) is 9.55. The Balaban J connectivity index is 1.68. The van der Waals surface area contributed by atoms with Crippen LogP contribution in [0.15, 0.2) is 77.5 Å². The van der Waals surface area contributed by atoms with Crippen molar-refractivity contribution >= 4 is 34.6 Å². The first-order valence-corrected chi connectivity index (χ1v) is 13.6. The normalized spacial score (nSPS) is 22.0. The SMILES string of the molecule is CC(C)(C)[Si](O[C@H]1CC(Cn2cc(Br)cn2)C[C@@H]1F)(c1ccccc1)c1ccccc1. The van der Waals surface area contributed by atoms with Gasteiger partial charge in [0, 0.05) is 12.7 Å². The molecule has 0 amide bonds. The average molecular weight is 502 g/mol. The fourth-order valence-corrected chi connectivity index (χ4v) is 9.98. The summed E-state index contributed by atoms with van der Waals surface area (Å²) in [7, 11) is -2.74. The summed E-state index contributed by atoms with van der Waals surface area (Å²) in [5, 5.41) is 6.59. The lowest BCUT2D eigenvalue weighted by molar-refractivity contribution is 0.115. The van der Waals surface area contributed by atoms with Crippen molar-refractivity contribution in [2.24, 2.45) is 5.92 Å². The van der Waals surface area contributed by atoms with E-state index >= 15 is 4.39 Å². The molecule has 4 rings (SSSR count). The zero-order chi connectivity index (χ0) is 22.1. The molecule has 1 heterocycles. The van der Waals surface area contributed by atoms with Crippen molar-refractivity contribution in [2.75, 3.05) is 0 Å². The van der Waals surface area contributed by atoms with Gasteiger partial charge in [0.1, 0.15) is 6.17 Å². The number of benzene rings is 2. The van der Waals surface area contributed by atoms with Gasteiger partial charge >= 0.3 is 0 Å². The van der Waals surface area contributed by atoms with E-state index < -0.39 is 20.6 Å². The summed E-state index contributed by atoms with van der Waals surface area (Å²) in [4.78, 5) is 0. The summed E-state index contributed by atoms with van der Waals surface area (Å²) in [6.07, 6.45) is 3.58. The van der Waals surface area contributed by atoms with E-state index in [4.69, 9.17) is 4.43 Å². The molecule has 3 atom stereocenters. The first-order chi connectivity index (χ1) is 14.8. The summed E-state index contributed by atoms with van der Waals surface area (Å²) < 4.78 is 25.2. The highest BCUT2D eigenvalue weighted by atomic mass is 79.9. The van der Waals surface area contributed by atoms with Gasteiger partial charge < -0.3 is 4.43 Å². The Morgan fingerprint density at radius 2 is 1.61 bits per heavy atom. The van der Waals surface area contributed by atoms with E-state index in [-0.39, 0.29) is 11.0 Å². The third-order valence-corrected chi connectivity index (χ3v) is 11.8. The molecule has 1 aliphatic rings. The molecule has 1 fully saturated rings. The number of halogens is 2. The van der Waals surface area contributed by atoms with E-state index in [2.05, 4.69) is 90.3 Å². The summed E-state index contributed by atoms with van der Waals surface area (Å²) in [6.45, 7) is 7.42. The molecule has 0 N–H and O–H groups in total. The highest BCUT2D eigenvalue weighted by Crippen LogP contribution is 2.41. The van der Waals surface area contributed by atoms with Gasteiger partial charge in [0.05, 0.1) is 16.8 Å². The van der Waals surface area contributed by atoms with E-state index in [1.54, 1.807) is 6.20 Å². The predicted molar refractivity (Wildman–Crippen MR) is 130 cm³/mol. The minimum absolute atomic E-state index is 0.152. The van der Waals surface area contributed by atoms with Crippen LogP contribution in [0.2, 0.25) is 5.04 Å². The third kappa shape index (κ3) is 4.57. The minimum atomic E-state index is -2.74.